The molecule has 0 aliphatic heterocycles. The minimum Gasteiger partial charge on any atom is -0.494 e. The van der Waals surface area contributed by atoms with Crippen molar-refractivity contribution in [2.75, 3.05) is 6.61 Å². The predicted octanol–water partition coefficient (Wildman–Crippen LogP) is 3.13. The molecule has 0 heterocycles. The van der Waals surface area contributed by atoms with Gasteiger partial charge in [-0.3, -0.25) is 9.59 Å². The molecule has 0 saturated heterocycles. The zero-order chi connectivity index (χ0) is 16.7. The van der Waals surface area contributed by atoms with Crippen LogP contribution in [0.1, 0.15) is 51.0 Å². The molecule has 5 heteroatoms. The molecule has 0 unspecified atom stereocenters. The van der Waals surface area contributed by atoms with Gasteiger partial charge in [0, 0.05) is 13.0 Å². The van der Waals surface area contributed by atoms with E-state index in [0.29, 0.717) is 26.0 Å². The van der Waals surface area contributed by atoms with Crippen molar-refractivity contribution in [1.82, 2.24) is 5.32 Å². The van der Waals surface area contributed by atoms with E-state index in [4.69, 9.17) is 4.74 Å². The second-order valence-electron chi connectivity index (χ2n) is 6.24. The second kappa shape index (κ2) is 7.99. The van der Waals surface area contributed by atoms with E-state index < -0.39 is 11.4 Å². The molecule has 5 nitrogen and oxygen atoms in total. The number of unbranched alkanes of at least 4 members (excludes halogenated alkanes) is 1. The molecule has 1 aromatic rings. The second-order valence-corrected chi connectivity index (χ2v) is 6.24. The number of amides is 1. The van der Waals surface area contributed by atoms with Crippen LogP contribution in [0.3, 0.4) is 0 Å². The molecule has 23 heavy (non-hydrogen) atoms. The van der Waals surface area contributed by atoms with Crippen LogP contribution in [0, 0.1) is 5.41 Å². The fourth-order valence-corrected chi connectivity index (χ4v) is 2.72. The summed E-state index contributed by atoms with van der Waals surface area (Å²) >= 11 is 0. The van der Waals surface area contributed by atoms with Crippen molar-refractivity contribution in [2.45, 2.75) is 52.0 Å². The third-order valence-electron chi connectivity index (χ3n) is 4.42. The van der Waals surface area contributed by atoms with E-state index >= 15 is 0 Å². The molecule has 1 amide bonds. The Balaban J connectivity index is 1.82. The standard InChI is InChI=1S/C18H25NO4/c1-2-3-10-23-15-7-4-6-14(11-15)13-19-16(20)12-18(17(21)22)8-5-9-18/h4,6-7,11H,2-3,5,8-10,12-13H2,1H3,(H,19,20)(H,21,22). The van der Waals surface area contributed by atoms with Crippen molar-refractivity contribution < 1.29 is 19.4 Å². The van der Waals surface area contributed by atoms with E-state index in [0.717, 1.165) is 30.6 Å². The fraction of sp³-hybridized carbons (Fsp3) is 0.556. The molecule has 0 bridgehead atoms. The van der Waals surface area contributed by atoms with Crippen LogP contribution < -0.4 is 10.1 Å². The van der Waals surface area contributed by atoms with Crippen molar-refractivity contribution in [3.8, 4) is 5.75 Å². The molecule has 1 aliphatic carbocycles. The highest BCUT2D eigenvalue weighted by Crippen LogP contribution is 2.44. The maximum Gasteiger partial charge on any atom is 0.310 e. The normalized spacial score (nSPS) is 15.5. The molecule has 1 saturated carbocycles. The monoisotopic (exact) mass is 319 g/mol. The van der Waals surface area contributed by atoms with E-state index in [1.165, 1.54) is 0 Å². The maximum atomic E-state index is 12.0. The molecule has 1 fully saturated rings. The van der Waals surface area contributed by atoms with Crippen molar-refractivity contribution in [3.63, 3.8) is 0 Å². The number of carbonyl (C=O) groups is 2. The predicted molar refractivity (Wildman–Crippen MR) is 87.2 cm³/mol. The number of carboxylic acids is 1. The average molecular weight is 319 g/mol. The quantitative estimate of drug-likeness (QED) is 0.686. The van der Waals surface area contributed by atoms with Crippen LogP contribution in [0.5, 0.6) is 5.75 Å². The zero-order valence-electron chi connectivity index (χ0n) is 13.6. The van der Waals surface area contributed by atoms with Gasteiger partial charge in [-0.2, -0.15) is 0 Å². The first-order valence-electron chi connectivity index (χ1n) is 8.27. The molecule has 2 rings (SSSR count). The first-order chi connectivity index (χ1) is 11.1. The Labute approximate surface area is 137 Å². The smallest absolute Gasteiger partial charge is 0.310 e. The molecular formula is C18H25NO4. The number of nitrogens with one attached hydrogen (secondary N) is 1. The number of rotatable bonds is 9. The number of carbonyl (C=O) groups excluding carboxylic acids is 1. The summed E-state index contributed by atoms with van der Waals surface area (Å²) in [5, 5.41) is 12.1. The molecule has 1 aromatic carbocycles. The van der Waals surface area contributed by atoms with Gasteiger partial charge in [0.25, 0.3) is 0 Å². The van der Waals surface area contributed by atoms with Crippen molar-refractivity contribution in [2.24, 2.45) is 5.41 Å². The van der Waals surface area contributed by atoms with Gasteiger partial charge >= 0.3 is 5.97 Å². The van der Waals surface area contributed by atoms with Crippen LogP contribution in [0.4, 0.5) is 0 Å². The number of carboxylic acid groups (broad SMARTS) is 1. The maximum absolute atomic E-state index is 12.0. The van der Waals surface area contributed by atoms with E-state index in [2.05, 4.69) is 12.2 Å². The van der Waals surface area contributed by atoms with Gasteiger partial charge < -0.3 is 15.2 Å². The van der Waals surface area contributed by atoms with Gasteiger partial charge in [-0.25, -0.2) is 0 Å². The van der Waals surface area contributed by atoms with Crippen molar-refractivity contribution in [1.29, 1.82) is 0 Å². The van der Waals surface area contributed by atoms with Crippen LogP contribution in [-0.2, 0) is 16.1 Å². The number of ether oxygens (including phenoxy) is 1. The Kier molecular flexibility index (Phi) is 6.02. The van der Waals surface area contributed by atoms with Gasteiger partial charge in [-0.15, -0.1) is 0 Å². The number of hydrogen-bond acceptors (Lipinski definition) is 3. The van der Waals surface area contributed by atoms with E-state index in [1.807, 2.05) is 24.3 Å². The number of benzene rings is 1. The Morgan fingerprint density at radius 3 is 2.74 bits per heavy atom. The molecule has 1 aliphatic rings. The van der Waals surface area contributed by atoms with Gasteiger partial charge in [0.2, 0.25) is 5.91 Å². The first-order valence-corrected chi connectivity index (χ1v) is 8.27. The van der Waals surface area contributed by atoms with Gasteiger partial charge in [0.05, 0.1) is 12.0 Å². The lowest BCUT2D eigenvalue weighted by atomic mass is 9.66. The summed E-state index contributed by atoms with van der Waals surface area (Å²) in [6.45, 7) is 3.19. The molecule has 0 atom stereocenters. The molecular weight excluding hydrogens is 294 g/mol. The summed E-state index contributed by atoms with van der Waals surface area (Å²) in [4.78, 5) is 23.3. The largest absolute Gasteiger partial charge is 0.494 e. The van der Waals surface area contributed by atoms with E-state index in [1.54, 1.807) is 0 Å². The van der Waals surface area contributed by atoms with Crippen molar-refractivity contribution >= 4 is 11.9 Å². The average Bonchev–Trinajstić information content (AvgIpc) is 2.49. The summed E-state index contributed by atoms with van der Waals surface area (Å²) < 4.78 is 5.64. The SMILES string of the molecule is CCCCOc1cccc(CNC(=O)CC2(C(=O)O)CCC2)c1. The van der Waals surface area contributed by atoms with E-state index in [-0.39, 0.29) is 12.3 Å². The molecule has 0 spiro atoms. The zero-order valence-corrected chi connectivity index (χ0v) is 13.6. The molecule has 0 aromatic heterocycles. The van der Waals surface area contributed by atoms with Crippen LogP contribution >= 0.6 is 0 Å². The highest BCUT2D eigenvalue weighted by molar-refractivity contribution is 5.85. The Morgan fingerprint density at radius 2 is 2.13 bits per heavy atom. The Morgan fingerprint density at radius 1 is 1.35 bits per heavy atom. The highest BCUT2D eigenvalue weighted by atomic mass is 16.5. The summed E-state index contributed by atoms with van der Waals surface area (Å²) in [7, 11) is 0. The first kappa shape index (κ1) is 17.3. The number of aliphatic carboxylic acids is 1. The van der Waals surface area contributed by atoms with E-state index in [9.17, 15) is 14.7 Å². The molecule has 0 radical (unpaired) electrons. The van der Waals surface area contributed by atoms with Gasteiger partial charge in [0.1, 0.15) is 5.75 Å². The minimum atomic E-state index is -0.856. The Bertz CT molecular complexity index is 552. The van der Waals surface area contributed by atoms with Crippen LogP contribution in [0.15, 0.2) is 24.3 Å². The number of hydrogen-bond donors (Lipinski definition) is 2. The lowest BCUT2D eigenvalue weighted by Crippen LogP contribution is -2.42. The lowest BCUT2D eigenvalue weighted by molar-refractivity contribution is -0.157. The molecule has 126 valence electrons. The summed E-state index contributed by atoms with van der Waals surface area (Å²) in [5.41, 5.74) is 0.111. The third kappa shape index (κ3) is 4.71. The third-order valence-corrected chi connectivity index (χ3v) is 4.42. The van der Waals surface area contributed by atoms with Gasteiger partial charge in [-0.1, -0.05) is 31.9 Å². The van der Waals surface area contributed by atoms with Crippen LogP contribution in [0.25, 0.3) is 0 Å². The lowest BCUT2D eigenvalue weighted by Gasteiger charge is -2.36. The topological polar surface area (TPSA) is 75.6 Å². The summed E-state index contributed by atoms with van der Waals surface area (Å²) in [6.07, 6.45) is 4.23. The van der Waals surface area contributed by atoms with Gasteiger partial charge in [-0.05, 0) is 37.0 Å². The minimum absolute atomic E-state index is 0.0645. The van der Waals surface area contributed by atoms with Crippen LogP contribution in [-0.4, -0.2) is 23.6 Å². The fourth-order valence-electron chi connectivity index (χ4n) is 2.72. The summed E-state index contributed by atoms with van der Waals surface area (Å²) in [6, 6.07) is 7.62. The Hall–Kier alpha value is -2.04. The highest BCUT2D eigenvalue weighted by Gasteiger charge is 2.45. The summed E-state index contributed by atoms with van der Waals surface area (Å²) in [5.74, 6) is -0.263. The van der Waals surface area contributed by atoms with Crippen LogP contribution in [0.2, 0.25) is 0 Å². The molecule has 2 N–H and O–H groups in total. The van der Waals surface area contributed by atoms with Crippen molar-refractivity contribution in [3.05, 3.63) is 29.8 Å². The van der Waals surface area contributed by atoms with Gasteiger partial charge in [0.15, 0.2) is 0 Å².